The molecule has 1 N–H and O–H groups in total. The number of aryl methyl sites for hydroxylation is 1. The molecule has 2 atom stereocenters. The molecule has 2 fully saturated rings. The lowest BCUT2D eigenvalue weighted by molar-refractivity contribution is 0.308. The van der Waals surface area contributed by atoms with Gasteiger partial charge in [-0.2, -0.15) is 0 Å². The van der Waals surface area contributed by atoms with Gasteiger partial charge in [0.15, 0.2) is 0 Å². The highest BCUT2D eigenvalue weighted by atomic mass is 35.5. The molecule has 4 heteroatoms. The Morgan fingerprint density at radius 1 is 1.31 bits per heavy atom. The average Bonchev–Trinajstić information content (AvgIpc) is 2.81. The molecule has 1 aromatic heterocycles. The van der Waals surface area contributed by atoms with Crippen molar-refractivity contribution < 1.29 is 0 Å². The van der Waals surface area contributed by atoms with Crippen molar-refractivity contribution in [2.24, 2.45) is 11.8 Å². The third-order valence-electron chi connectivity index (χ3n) is 3.64. The van der Waals surface area contributed by atoms with Crippen LogP contribution in [0.1, 0.15) is 9.75 Å². The minimum absolute atomic E-state index is 0. The zero-order valence-electron chi connectivity index (χ0n) is 9.61. The molecule has 3 rings (SSSR count). The summed E-state index contributed by atoms with van der Waals surface area (Å²) in [7, 11) is 0. The molecule has 16 heavy (non-hydrogen) atoms. The summed E-state index contributed by atoms with van der Waals surface area (Å²) in [5.41, 5.74) is 0. The quantitative estimate of drug-likeness (QED) is 0.874. The van der Waals surface area contributed by atoms with Crippen molar-refractivity contribution in [2.75, 3.05) is 26.2 Å². The SMILES string of the molecule is Cc1ccc(CN2C[C@H]3CNC[C@H]3C2)s1.Cl. The van der Waals surface area contributed by atoms with E-state index in [-0.39, 0.29) is 12.4 Å². The van der Waals surface area contributed by atoms with E-state index >= 15 is 0 Å². The number of nitrogens with zero attached hydrogens (tertiary/aromatic N) is 1. The number of rotatable bonds is 2. The van der Waals surface area contributed by atoms with E-state index in [0.717, 1.165) is 11.8 Å². The molecule has 3 heterocycles. The van der Waals surface area contributed by atoms with Gasteiger partial charge in [-0.25, -0.2) is 0 Å². The van der Waals surface area contributed by atoms with E-state index in [2.05, 4.69) is 29.3 Å². The number of thiophene rings is 1. The molecule has 2 saturated heterocycles. The van der Waals surface area contributed by atoms with Crippen LogP contribution >= 0.6 is 23.7 Å². The van der Waals surface area contributed by atoms with Crippen molar-refractivity contribution in [1.82, 2.24) is 10.2 Å². The molecular weight excluding hydrogens is 240 g/mol. The molecule has 2 nitrogen and oxygen atoms in total. The van der Waals surface area contributed by atoms with Gasteiger partial charge in [-0.1, -0.05) is 0 Å². The maximum absolute atomic E-state index is 3.49. The summed E-state index contributed by atoms with van der Waals surface area (Å²) in [5, 5.41) is 3.49. The Labute approximate surface area is 107 Å². The van der Waals surface area contributed by atoms with Gasteiger partial charge in [0.2, 0.25) is 0 Å². The van der Waals surface area contributed by atoms with Crippen LogP contribution in [0.2, 0.25) is 0 Å². The first-order valence-electron chi connectivity index (χ1n) is 5.79. The van der Waals surface area contributed by atoms with E-state index in [1.165, 1.54) is 42.5 Å². The maximum Gasteiger partial charge on any atom is 0.0328 e. The van der Waals surface area contributed by atoms with Crippen molar-refractivity contribution in [3.8, 4) is 0 Å². The second-order valence-electron chi connectivity index (χ2n) is 4.88. The molecule has 90 valence electrons. The van der Waals surface area contributed by atoms with Gasteiger partial charge < -0.3 is 5.32 Å². The highest BCUT2D eigenvalue weighted by Gasteiger charge is 2.35. The Bertz CT molecular complexity index is 341. The summed E-state index contributed by atoms with van der Waals surface area (Å²) in [6.45, 7) is 8.45. The molecule has 0 amide bonds. The largest absolute Gasteiger partial charge is 0.316 e. The number of hydrogen-bond donors (Lipinski definition) is 1. The Morgan fingerprint density at radius 2 is 2.00 bits per heavy atom. The van der Waals surface area contributed by atoms with Crippen LogP contribution in [0.4, 0.5) is 0 Å². The summed E-state index contributed by atoms with van der Waals surface area (Å²) < 4.78 is 0. The summed E-state index contributed by atoms with van der Waals surface area (Å²) in [6.07, 6.45) is 0. The third-order valence-corrected chi connectivity index (χ3v) is 4.63. The average molecular weight is 259 g/mol. The molecule has 1 aromatic rings. The van der Waals surface area contributed by atoms with Gasteiger partial charge in [0, 0.05) is 29.4 Å². The maximum atomic E-state index is 3.49. The highest BCUT2D eigenvalue weighted by Crippen LogP contribution is 2.28. The molecule has 0 aromatic carbocycles. The molecule has 0 spiro atoms. The van der Waals surface area contributed by atoms with Crippen LogP contribution in [0.5, 0.6) is 0 Å². The van der Waals surface area contributed by atoms with Gasteiger partial charge in [0.25, 0.3) is 0 Å². The fourth-order valence-electron chi connectivity index (χ4n) is 2.87. The molecule has 0 unspecified atom stereocenters. The molecule has 0 radical (unpaired) electrons. The van der Waals surface area contributed by atoms with Crippen molar-refractivity contribution in [1.29, 1.82) is 0 Å². The Kier molecular flexibility index (Phi) is 3.90. The van der Waals surface area contributed by atoms with E-state index in [9.17, 15) is 0 Å². The van der Waals surface area contributed by atoms with Gasteiger partial charge in [0.1, 0.15) is 0 Å². The van der Waals surface area contributed by atoms with Gasteiger partial charge in [0.05, 0.1) is 0 Å². The van der Waals surface area contributed by atoms with Crippen LogP contribution in [0.3, 0.4) is 0 Å². The van der Waals surface area contributed by atoms with Gasteiger partial charge in [-0.15, -0.1) is 23.7 Å². The van der Waals surface area contributed by atoms with Gasteiger partial charge >= 0.3 is 0 Å². The standard InChI is InChI=1S/C12H18N2S.ClH/c1-9-2-3-12(15-9)8-14-6-10-4-13-5-11(10)7-14;/h2-3,10-11,13H,4-8H2,1H3;1H/t10-,11+;. The Morgan fingerprint density at radius 3 is 2.56 bits per heavy atom. The summed E-state index contributed by atoms with van der Waals surface area (Å²) >= 11 is 1.95. The van der Waals surface area contributed by atoms with E-state index < -0.39 is 0 Å². The zero-order chi connectivity index (χ0) is 10.3. The van der Waals surface area contributed by atoms with Gasteiger partial charge in [-0.05, 0) is 44.0 Å². The predicted molar refractivity (Wildman–Crippen MR) is 71.4 cm³/mol. The predicted octanol–water partition coefficient (Wildman–Crippen LogP) is 2.13. The van der Waals surface area contributed by atoms with Crippen LogP contribution in [0.25, 0.3) is 0 Å². The normalized spacial score (nSPS) is 29.1. The van der Waals surface area contributed by atoms with Gasteiger partial charge in [-0.3, -0.25) is 4.90 Å². The lowest BCUT2D eigenvalue weighted by atomic mass is 10.0. The summed E-state index contributed by atoms with van der Waals surface area (Å²) in [5.74, 6) is 1.84. The highest BCUT2D eigenvalue weighted by molar-refractivity contribution is 7.11. The van der Waals surface area contributed by atoms with Crippen LogP contribution < -0.4 is 5.32 Å². The lowest BCUT2D eigenvalue weighted by Crippen LogP contribution is -2.24. The topological polar surface area (TPSA) is 15.3 Å². The first-order valence-corrected chi connectivity index (χ1v) is 6.61. The van der Waals surface area contributed by atoms with Crippen molar-refractivity contribution >= 4 is 23.7 Å². The van der Waals surface area contributed by atoms with Crippen LogP contribution in [-0.2, 0) is 6.54 Å². The van der Waals surface area contributed by atoms with Crippen LogP contribution in [0, 0.1) is 18.8 Å². The minimum Gasteiger partial charge on any atom is -0.316 e. The Hall–Kier alpha value is -0.0900. The summed E-state index contributed by atoms with van der Waals surface area (Å²) in [4.78, 5) is 5.59. The van der Waals surface area contributed by atoms with Crippen molar-refractivity contribution in [3.05, 3.63) is 21.9 Å². The number of likely N-dealkylation sites (tertiary alicyclic amines) is 1. The first kappa shape index (κ1) is 12.4. The minimum atomic E-state index is 0. The van der Waals surface area contributed by atoms with E-state index in [0.29, 0.717) is 0 Å². The zero-order valence-corrected chi connectivity index (χ0v) is 11.2. The summed E-state index contributed by atoms with van der Waals surface area (Å²) in [6, 6.07) is 4.52. The smallest absolute Gasteiger partial charge is 0.0328 e. The molecule has 2 aliphatic rings. The Balaban J connectivity index is 0.000000963. The number of halogens is 1. The molecule has 0 aliphatic carbocycles. The van der Waals surface area contributed by atoms with Crippen LogP contribution in [-0.4, -0.2) is 31.1 Å². The second kappa shape index (κ2) is 5.05. The van der Waals surface area contributed by atoms with Crippen LogP contribution in [0.15, 0.2) is 12.1 Å². The molecular formula is C12H19ClN2S. The molecule has 2 aliphatic heterocycles. The molecule has 0 bridgehead atoms. The second-order valence-corrected chi connectivity index (χ2v) is 6.26. The van der Waals surface area contributed by atoms with E-state index in [1.54, 1.807) is 0 Å². The van der Waals surface area contributed by atoms with Crippen molar-refractivity contribution in [3.63, 3.8) is 0 Å². The first-order chi connectivity index (χ1) is 7.31. The third kappa shape index (κ3) is 2.43. The number of hydrogen-bond acceptors (Lipinski definition) is 3. The monoisotopic (exact) mass is 258 g/mol. The molecule has 0 saturated carbocycles. The van der Waals surface area contributed by atoms with Crippen molar-refractivity contribution in [2.45, 2.75) is 13.5 Å². The number of nitrogens with one attached hydrogen (secondary N) is 1. The van der Waals surface area contributed by atoms with E-state index in [4.69, 9.17) is 0 Å². The fraction of sp³-hybridized carbons (Fsp3) is 0.667. The van der Waals surface area contributed by atoms with E-state index in [1.807, 2.05) is 11.3 Å². The fourth-order valence-corrected chi connectivity index (χ4v) is 3.80. The lowest BCUT2D eigenvalue weighted by Gasteiger charge is -2.15. The number of fused-ring (bicyclic) bond motifs is 1.